The summed E-state index contributed by atoms with van der Waals surface area (Å²) in [6, 6.07) is 15.3. The van der Waals surface area contributed by atoms with E-state index in [4.69, 9.17) is 4.74 Å². The summed E-state index contributed by atoms with van der Waals surface area (Å²) in [5.41, 5.74) is 2.88. The number of halogens is 1. The highest BCUT2D eigenvalue weighted by atomic mass is 19.1. The largest absolute Gasteiger partial charge is 0.454 e. The summed E-state index contributed by atoms with van der Waals surface area (Å²) in [6.45, 7) is 1.80. The normalized spacial score (nSPS) is 12.6. The van der Waals surface area contributed by atoms with Crippen LogP contribution < -0.4 is 15.4 Å². The molecule has 1 aliphatic rings. The van der Waals surface area contributed by atoms with E-state index >= 15 is 0 Å². The lowest BCUT2D eigenvalue weighted by atomic mass is 10.1. The van der Waals surface area contributed by atoms with Crippen LogP contribution in [-0.4, -0.2) is 26.6 Å². The van der Waals surface area contributed by atoms with Crippen molar-refractivity contribution in [3.8, 4) is 17.2 Å². The fraction of sp³-hybridized carbons (Fsp3) is 0.120. The van der Waals surface area contributed by atoms with Crippen LogP contribution in [0.4, 0.5) is 15.9 Å². The molecule has 5 rings (SSSR count). The van der Waals surface area contributed by atoms with Crippen molar-refractivity contribution in [2.24, 2.45) is 0 Å². The van der Waals surface area contributed by atoms with Gasteiger partial charge in [-0.1, -0.05) is 18.2 Å². The van der Waals surface area contributed by atoms with Gasteiger partial charge in [0.2, 0.25) is 5.91 Å². The number of benzene rings is 2. The zero-order valence-corrected chi connectivity index (χ0v) is 18.2. The van der Waals surface area contributed by atoms with Gasteiger partial charge in [0.25, 0.3) is 5.91 Å². The van der Waals surface area contributed by atoms with E-state index in [2.05, 4.69) is 20.7 Å². The Labute approximate surface area is 194 Å². The van der Waals surface area contributed by atoms with Crippen LogP contribution in [0.5, 0.6) is 11.5 Å². The molecule has 8 nitrogen and oxygen atoms in total. The van der Waals surface area contributed by atoms with E-state index in [0.717, 1.165) is 5.69 Å². The van der Waals surface area contributed by atoms with Gasteiger partial charge in [-0.2, -0.15) is 5.10 Å². The molecular formula is C25H20FN5O3. The number of anilines is 2. The highest BCUT2D eigenvalue weighted by Gasteiger charge is 2.21. The molecule has 2 amide bonds. The molecule has 0 spiro atoms. The topological polar surface area (TPSA) is 98.1 Å². The summed E-state index contributed by atoms with van der Waals surface area (Å²) in [5, 5.41) is 9.69. The maximum absolute atomic E-state index is 14.8. The Morgan fingerprint density at radius 2 is 1.94 bits per heavy atom. The molecule has 1 aliphatic heterocycles. The number of ether oxygens (including phenoxy) is 1. The quantitative estimate of drug-likeness (QED) is 0.455. The molecule has 0 saturated heterocycles. The van der Waals surface area contributed by atoms with Crippen LogP contribution in [0, 0.1) is 12.7 Å². The average molecular weight is 457 g/mol. The standard InChI is InChI=1S/C25H20FN5O3/c1-15-19(14-28-31(15)17-5-3-2-4-6-17)25(33)29-16-7-9-22(20(26)13-16)34-21-11-12-27-24-18(21)8-10-23(32)30-24/h2-7,9,11-14H,8,10H2,1H3,(H,29,33)(H,27,30,32). The lowest BCUT2D eigenvalue weighted by Crippen LogP contribution is -2.20. The number of nitrogens with zero attached hydrogens (tertiary/aromatic N) is 3. The summed E-state index contributed by atoms with van der Waals surface area (Å²) >= 11 is 0. The van der Waals surface area contributed by atoms with Gasteiger partial charge in [-0.15, -0.1) is 0 Å². The van der Waals surface area contributed by atoms with Crippen molar-refractivity contribution >= 4 is 23.3 Å². The number of amides is 2. The molecule has 0 fully saturated rings. The van der Waals surface area contributed by atoms with E-state index in [-0.39, 0.29) is 17.3 Å². The van der Waals surface area contributed by atoms with Crippen molar-refractivity contribution in [2.75, 3.05) is 10.6 Å². The first-order valence-electron chi connectivity index (χ1n) is 10.7. The minimum absolute atomic E-state index is 0.00335. The SMILES string of the molecule is Cc1c(C(=O)Nc2ccc(Oc3ccnc4c3CCC(=O)N4)c(F)c2)cnn1-c1ccccc1. The third kappa shape index (κ3) is 4.11. The second-order valence-corrected chi connectivity index (χ2v) is 7.78. The molecule has 34 heavy (non-hydrogen) atoms. The minimum Gasteiger partial charge on any atom is -0.454 e. The van der Waals surface area contributed by atoms with E-state index in [1.54, 1.807) is 23.7 Å². The van der Waals surface area contributed by atoms with Gasteiger partial charge in [-0.05, 0) is 43.7 Å². The Bertz CT molecular complexity index is 1400. The van der Waals surface area contributed by atoms with Crippen LogP contribution >= 0.6 is 0 Å². The second kappa shape index (κ2) is 8.78. The molecule has 9 heteroatoms. The number of carbonyl (C=O) groups is 2. The molecule has 2 aromatic heterocycles. The fourth-order valence-corrected chi connectivity index (χ4v) is 3.79. The molecule has 0 aliphatic carbocycles. The third-order valence-electron chi connectivity index (χ3n) is 5.54. The monoisotopic (exact) mass is 457 g/mol. The van der Waals surface area contributed by atoms with E-state index in [0.29, 0.717) is 41.2 Å². The van der Waals surface area contributed by atoms with Gasteiger partial charge >= 0.3 is 0 Å². The van der Waals surface area contributed by atoms with Gasteiger partial charge in [-0.3, -0.25) is 9.59 Å². The van der Waals surface area contributed by atoms with Gasteiger partial charge < -0.3 is 15.4 Å². The van der Waals surface area contributed by atoms with Crippen molar-refractivity contribution in [3.63, 3.8) is 0 Å². The minimum atomic E-state index is -0.639. The van der Waals surface area contributed by atoms with Crippen LogP contribution in [-0.2, 0) is 11.2 Å². The Morgan fingerprint density at radius 1 is 1.12 bits per heavy atom. The zero-order valence-electron chi connectivity index (χ0n) is 18.2. The van der Waals surface area contributed by atoms with Crippen molar-refractivity contribution in [2.45, 2.75) is 19.8 Å². The zero-order chi connectivity index (χ0) is 23.7. The first-order chi connectivity index (χ1) is 16.5. The molecular weight excluding hydrogens is 437 g/mol. The second-order valence-electron chi connectivity index (χ2n) is 7.78. The van der Waals surface area contributed by atoms with Gasteiger partial charge in [-0.25, -0.2) is 14.1 Å². The third-order valence-corrected chi connectivity index (χ3v) is 5.54. The van der Waals surface area contributed by atoms with E-state index in [1.807, 2.05) is 30.3 Å². The lowest BCUT2D eigenvalue weighted by molar-refractivity contribution is -0.116. The molecule has 2 N–H and O–H groups in total. The number of fused-ring (bicyclic) bond motifs is 1. The number of rotatable bonds is 5. The Morgan fingerprint density at radius 3 is 2.74 bits per heavy atom. The predicted octanol–water partition coefficient (Wildman–Crippen LogP) is 4.64. The Balaban J connectivity index is 1.33. The van der Waals surface area contributed by atoms with Crippen LogP contribution in [0.2, 0.25) is 0 Å². The molecule has 3 heterocycles. The van der Waals surface area contributed by atoms with Crippen LogP contribution in [0.3, 0.4) is 0 Å². The van der Waals surface area contributed by atoms with E-state index in [9.17, 15) is 14.0 Å². The molecule has 0 unspecified atom stereocenters. The van der Waals surface area contributed by atoms with Gasteiger partial charge in [0.1, 0.15) is 11.6 Å². The maximum atomic E-state index is 14.8. The highest BCUT2D eigenvalue weighted by molar-refractivity contribution is 6.05. The molecule has 0 radical (unpaired) electrons. The summed E-state index contributed by atoms with van der Waals surface area (Å²) in [5.74, 6) is -0.315. The first-order valence-corrected chi connectivity index (χ1v) is 10.7. The fourth-order valence-electron chi connectivity index (χ4n) is 3.79. The van der Waals surface area contributed by atoms with Gasteiger partial charge in [0.15, 0.2) is 11.6 Å². The number of carbonyl (C=O) groups excluding carboxylic acids is 2. The number of aromatic nitrogens is 3. The van der Waals surface area contributed by atoms with Crippen molar-refractivity contribution < 1.29 is 18.7 Å². The van der Waals surface area contributed by atoms with Crippen molar-refractivity contribution in [1.82, 2.24) is 14.8 Å². The number of hydrogen-bond acceptors (Lipinski definition) is 5. The van der Waals surface area contributed by atoms with Crippen LogP contribution in [0.15, 0.2) is 67.0 Å². The van der Waals surface area contributed by atoms with Gasteiger partial charge in [0, 0.05) is 29.9 Å². The molecule has 0 bridgehead atoms. The molecule has 0 atom stereocenters. The average Bonchev–Trinajstić information content (AvgIpc) is 3.22. The molecule has 2 aromatic carbocycles. The van der Waals surface area contributed by atoms with E-state index in [1.165, 1.54) is 24.5 Å². The Hall–Kier alpha value is -4.53. The molecule has 170 valence electrons. The molecule has 0 saturated carbocycles. The Kier molecular flexibility index (Phi) is 5.51. The first kappa shape index (κ1) is 21.3. The number of nitrogens with one attached hydrogen (secondary N) is 2. The van der Waals surface area contributed by atoms with Crippen molar-refractivity contribution in [3.05, 3.63) is 89.6 Å². The summed E-state index contributed by atoms with van der Waals surface area (Å²) in [4.78, 5) is 28.5. The number of pyridine rings is 1. The highest BCUT2D eigenvalue weighted by Crippen LogP contribution is 2.34. The van der Waals surface area contributed by atoms with Crippen molar-refractivity contribution in [1.29, 1.82) is 0 Å². The number of para-hydroxylation sites is 1. The van der Waals surface area contributed by atoms with E-state index < -0.39 is 11.7 Å². The summed E-state index contributed by atoms with van der Waals surface area (Å²) in [6.07, 6.45) is 3.74. The predicted molar refractivity (Wildman–Crippen MR) is 124 cm³/mol. The number of hydrogen-bond donors (Lipinski definition) is 2. The lowest BCUT2D eigenvalue weighted by Gasteiger charge is -2.19. The smallest absolute Gasteiger partial charge is 0.259 e. The van der Waals surface area contributed by atoms with Gasteiger partial charge in [0.05, 0.1) is 23.1 Å². The summed E-state index contributed by atoms with van der Waals surface area (Å²) in [7, 11) is 0. The summed E-state index contributed by atoms with van der Waals surface area (Å²) < 4.78 is 22.2. The van der Waals surface area contributed by atoms with Crippen LogP contribution in [0.1, 0.15) is 28.0 Å². The maximum Gasteiger partial charge on any atom is 0.259 e. The molecule has 4 aromatic rings. The van der Waals surface area contributed by atoms with Crippen LogP contribution in [0.25, 0.3) is 5.69 Å².